The fraction of sp³-hybridized carbons (Fsp3) is 0.938. The Morgan fingerprint density at radius 2 is 1.53 bits per heavy atom. The second-order valence-corrected chi connectivity index (χ2v) is 7.58. The summed E-state index contributed by atoms with van der Waals surface area (Å²) >= 11 is 12.9. The van der Waals surface area contributed by atoms with Crippen molar-refractivity contribution in [3.05, 3.63) is 0 Å². The predicted molar refractivity (Wildman–Crippen MR) is 82.0 cm³/mol. The molecule has 0 unspecified atom stereocenters. The molecular weight excluding hydrogens is 279 g/mol. The topological polar surface area (TPSA) is 17.1 Å². The quantitative estimate of drug-likeness (QED) is 0.654. The molecule has 0 spiro atoms. The minimum absolute atomic E-state index is 0.159. The van der Waals surface area contributed by atoms with Gasteiger partial charge in [-0.25, -0.2) is 0 Å². The molecule has 2 atom stereocenters. The molecule has 2 rings (SSSR count). The van der Waals surface area contributed by atoms with Crippen LogP contribution < -0.4 is 0 Å². The van der Waals surface area contributed by atoms with Crippen molar-refractivity contribution in [2.45, 2.75) is 75.5 Å². The van der Waals surface area contributed by atoms with E-state index in [2.05, 4.69) is 6.92 Å². The van der Waals surface area contributed by atoms with E-state index in [-0.39, 0.29) is 17.1 Å². The average Bonchev–Trinajstić information content (AvgIpc) is 2.46. The number of carbonyl (C=O) groups excluding carboxylic acids is 1. The van der Waals surface area contributed by atoms with Crippen LogP contribution in [0.15, 0.2) is 0 Å². The van der Waals surface area contributed by atoms with Crippen LogP contribution in [0.1, 0.15) is 64.7 Å². The van der Waals surface area contributed by atoms with E-state index in [4.69, 9.17) is 23.2 Å². The second kappa shape index (κ2) is 7.31. The van der Waals surface area contributed by atoms with Crippen LogP contribution in [-0.4, -0.2) is 16.5 Å². The smallest absolute Gasteiger partial charge is 0.155 e. The Hall–Kier alpha value is 0.250. The molecule has 2 saturated carbocycles. The number of carbonyl (C=O) groups is 1. The van der Waals surface area contributed by atoms with E-state index in [1.54, 1.807) is 0 Å². The van der Waals surface area contributed by atoms with Crippen molar-refractivity contribution in [2.24, 2.45) is 17.8 Å². The predicted octanol–water partition coefficient (Wildman–Crippen LogP) is 5.18. The van der Waals surface area contributed by atoms with Crippen molar-refractivity contribution < 1.29 is 4.79 Å². The van der Waals surface area contributed by atoms with Gasteiger partial charge in [0.2, 0.25) is 0 Å². The summed E-state index contributed by atoms with van der Waals surface area (Å²) in [6.07, 6.45) is 10.4. The van der Waals surface area contributed by atoms with Crippen LogP contribution >= 0.6 is 23.2 Å². The van der Waals surface area contributed by atoms with Crippen LogP contribution in [0.2, 0.25) is 0 Å². The zero-order chi connectivity index (χ0) is 13.8. The molecule has 0 heterocycles. The Morgan fingerprint density at radius 3 is 2.11 bits per heavy atom. The van der Waals surface area contributed by atoms with Crippen LogP contribution in [0.5, 0.6) is 0 Å². The number of hydrogen-bond donors (Lipinski definition) is 0. The summed E-state index contributed by atoms with van der Waals surface area (Å²) in [6, 6.07) is 0. The molecule has 0 N–H and O–H groups in total. The highest BCUT2D eigenvalue weighted by molar-refractivity contribution is 6.38. The summed E-state index contributed by atoms with van der Waals surface area (Å²) in [7, 11) is 0. The summed E-state index contributed by atoms with van der Waals surface area (Å²) in [5.41, 5.74) is 0. The van der Waals surface area contributed by atoms with E-state index in [9.17, 15) is 4.79 Å². The molecule has 19 heavy (non-hydrogen) atoms. The number of alkyl halides is 2. The van der Waals surface area contributed by atoms with E-state index in [1.807, 2.05) is 0 Å². The Balaban J connectivity index is 1.86. The third kappa shape index (κ3) is 4.11. The van der Waals surface area contributed by atoms with E-state index in [0.29, 0.717) is 5.92 Å². The van der Waals surface area contributed by atoms with Gasteiger partial charge in [0.25, 0.3) is 0 Å². The average molecular weight is 305 g/mol. The van der Waals surface area contributed by atoms with Crippen LogP contribution in [0.25, 0.3) is 0 Å². The number of ketones is 1. The van der Waals surface area contributed by atoms with Crippen molar-refractivity contribution in [1.29, 1.82) is 0 Å². The van der Waals surface area contributed by atoms with Gasteiger partial charge in [0.1, 0.15) is 5.38 Å². The standard InChI is InChI=1S/C16H26Cl2O/c1-11-7-9-13(10-8-11)16(19)15(18)14(17)12-5-3-2-4-6-12/h11-15H,2-10H2,1H3/t11?,13?,14-,15+/m1/s1. The zero-order valence-electron chi connectivity index (χ0n) is 11.9. The fourth-order valence-electron chi connectivity index (χ4n) is 3.62. The first-order valence-corrected chi connectivity index (χ1v) is 8.78. The number of hydrogen-bond acceptors (Lipinski definition) is 1. The molecule has 1 nitrogen and oxygen atoms in total. The van der Waals surface area contributed by atoms with Crippen molar-refractivity contribution in [1.82, 2.24) is 0 Å². The van der Waals surface area contributed by atoms with Crippen molar-refractivity contribution in [3.63, 3.8) is 0 Å². The van der Waals surface area contributed by atoms with E-state index >= 15 is 0 Å². The third-order valence-corrected chi connectivity index (χ3v) is 6.29. The lowest BCUT2D eigenvalue weighted by atomic mass is 9.78. The highest BCUT2D eigenvalue weighted by atomic mass is 35.5. The summed E-state index contributed by atoms with van der Waals surface area (Å²) < 4.78 is 0. The van der Waals surface area contributed by atoms with Crippen molar-refractivity contribution in [2.75, 3.05) is 0 Å². The zero-order valence-corrected chi connectivity index (χ0v) is 13.4. The number of Topliss-reactive ketones (excluding diaryl/α,β-unsaturated/α-hetero) is 1. The van der Waals surface area contributed by atoms with Crippen molar-refractivity contribution >= 4 is 29.0 Å². The van der Waals surface area contributed by atoms with Gasteiger partial charge in [0, 0.05) is 5.92 Å². The SMILES string of the molecule is CC1CCC(C(=O)[C@@H](Cl)[C@H](Cl)C2CCCCC2)CC1. The van der Waals surface area contributed by atoms with Crippen LogP contribution in [0.4, 0.5) is 0 Å². The van der Waals surface area contributed by atoms with Gasteiger partial charge in [0.05, 0.1) is 5.38 Å². The molecule has 110 valence electrons. The molecule has 3 heteroatoms. The lowest BCUT2D eigenvalue weighted by Crippen LogP contribution is -2.37. The molecule has 2 aliphatic rings. The number of rotatable bonds is 4. The van der Waals surface area contributed by atoms with Gasteiger partial charge in [-0.2, -0.15) is 0 Å². The maximum atomic E-state index is 12.5. The summed E-state index contributed by atoms with van der Waals surface area (Å²) in [6.45, 7) is 2.27. The third-order valence-electron chi connectivity index (χ3n) is 5.07. The van der Waals surface area contributed by atoms with Crippen LogP contribution in [0.3, 0.4) is 0 Å². The molecule has 0 saturated heterocycles. The van der Waals surface area contributed by atoms with E-state index < -0.39 is 5.38 Å². The van der Waals surface area contributed by atoms with Gasteiger partial charge >= 0.3 is 0 Å². The Labute approximate surface area is 127 Å². The first-order chi connectivity index (χ1) is 9.09. The summed E-state index contributed by atoms with van der Waals surface area (Å²) in [5.74, 6) is 1.61. The highest BCUT2D eigenvalue weighted by Crippen LogP contribution is 2.36. The largest absolute Gasteiger partial charge is 0.298 e. The molecule has 0 aliphatic heterocycles. The fourth-order valence-corrected chi connectivity index (χ4v) is 4.38. The van der Waals surface area contributed by atoms with E-state index in [1.165, 1.54) is 19.3 Å². The molecule has 2 aliphatic carbocycles. The van der Waals surface area contributed by atoms with Gasteiger partial charge in [-0.05, 0) is 37.5 Å². The van der Waals surface area contributed by atoms with E-state index in [0.717, 1.165) is 44.4 Å². The summed E-state index contributed by atoms with van der Waals surface area (Å²) in [5, 5.41) is -0.628. The molecule has 0 radical (unpaired) electrons. The molecule has 2 fully saturated rings. The molecular formula is C16H26Cl2O. The minimum atomic E-state index is -0.469. The van der Waals surface area contributed by atoms with Gasteiger partial charge in [-0.3, -0.25) is 4.79 Å². The summed E-state index contributed by atoms with van der Waals surface area (Å²) in [4.78, 5) is 12.5. The lowest BCUT2D eigenvalue weighted by molar-refractivity contribution is -0.123. The molecule has 0 aromatic heterocycles. The monoisotopic (exact) mass is 304 g/mol. The highest BCUT2D eigenvalue weighted by Gasteiger charge is 2.36. The van der Waals surface area contributed by atoms with Crippen LogP contribution in [-0.2, 0) is 4.79 Å². The molecule has 0 aromatic carbocycles. The first-order valence-electron chi connectivity index (χ1n) is 7.91. The maximum Gasteiger partial charge on any atom is 0.155 e. The number of halogens is 2. The lowest BCUT2D eigenvalue weighted by Gasteiger charge is -2.31. The van der Waals surface area contributed by atoms with Crippen LogP contribution in [0, 0.1) is 17.8 Å². The second-order valence-electron chi connectivity index (χ2n) is 6.60. The normalized spacial score (nSPS) is 32.8. The maximum absolute atomic E-state index is 12.5. The van der Waals surface area contributed by atoms with Gasteiger partial charge in [-0.15, -0.1) is 23.2 Å². The van der Waals surface area contributed by atoms with Gasteiger partial charge in [0.15, 0.2) is 5.78 Å². The minimum Gasteiger partial charge on any atom is -0.298 e. The van der Waals surface area contributed by atoms with Gasteiger partial charge in [-0.1, -0.05) is 39.0 Å². The molecule has 0 bridgehead atoms. The Morgan fingerprint density at radius 1 is 0.947 bits per heavy atom. The molecule has 0 amide bonds. The molecule has 0 aromatic rings. The first kappa shape index (κ1) is 15.6. The van der Waals surface area contributed by atoms with Gasteiger partial charge < -0.3 is 0 Å². The Bertz CT molecular complexity index is 291. The Kier molecular flexibility index (Phi) is 6.02. The van der Waals surface area contributed by atoms with Crippen molar-refractivity contribution in [3.8, 4) is 0 Å².